The maximum atomic E-state index is 14.5. The van der Waals surface area contributed by atoms with E-state index in [9.17, 15) is 14.0 Å². The predicted octanol–water partition coefficient (Wildman–Crippen LogP) is 2.30. The zero-order valence-corrected chi connectivity index (χ0v) is 19.7. The zero-order chi connectivity index (χ0) is 24.7. The van der Waals surface area contributed by atoms with E-state index < -0.39 is 30.6 Å². The molecule has 2 fully saturated rings. The number of hydrogen-bond acceptors (Lipinski definition) is 6. The Morgan fingerprint density at radius 1 is 1.26 bits per heavy atom. The van der Waals surface area contributed by atoms with E-state index in [-0.39, 0.29) is 13.1 Å². The second kappa shape index (κ2) is 9.26. The molecule has 1 aromatic carbocycles. The van der Waals surface area contributed by atoms with Crippen molar-refractivity contribution in [3.05, 3.63) is 41.3 Å². The van der Waals surface area contributed by atoms with Crippen LogP contribution in [0.4, 0.5) is 4.39 Å². The quantitative estimate of drug-likeness (QED) is 0.476. The van der Waals surface area contributed by atoms with Crippen LogP contribution in [-0.2, 0) is 4.79 Å². The smallest absolute Gasteiger partial charge is 0.255 e. The summed E-state index contributed by atoms with van der Waals surface area (Å²) >= 11 is 0. The number of aliphatic hydroxyl groups is 1. The molecule has 0 unspecified atom stereocenters. The van der Waals surface area contributed by atoms with Crippen molar-refractivity contribution in [1.82, 2.24) is 25.2 Å². The molecule has 3 aromatic rings. The number of ether oxygens (including phenoxy) is 1. The molecule has 9 nitrogen and oxygen atoms in total. The van der Waals surface area contributed by atoms with Crippen molar-refractivity contribution < 1.29 is 23.8 Å². The number of aryl methyl sites for hydroxylation is 2. The first kappa shape index (κ1) is 23.2. The van der Waals surface area contributed by atoms with E-state index >= 15 is 0 Å². The third kappa shape index (κ3) is 4.58. The van der Waals surface area contributed by atoms with E-state index in [1.165, 1.54) is 24.1 Å². The molecule has 184 valence electrons. The summed E-state index contributed by atoms with van der Waals surface area (Å²) in [6.07, 6.45) is 2.34. The van der Waals surface area contributed by atoms with Crippen LogP contribution in [0.15, 0.2) is 24.5 Å². The zero-order valence-electron chi connectivity index (χ0n) is 19.7. The molecule has 0 radical (unpaired) electrons. The van der Waals surface area contributed by atoms with Gasteiger partial charge in [-0.3, -0.25) is 9.59 Å². The van der Waals surface area contributed by atoms with Gasteiger partial charge in [0.1, 0.15) is 36.1 Å². The normalized spacial score (nSPS) is 19.8. The number of nitrogens with zero attached hydrogens (tertiary/aromatic N) is 3. The van der Waals surface area contributed by atoms with Crippen LogP contribution in [0.25, 0.3) is 22.3 Å². The van der Waals surface area contributed by atoms with Crippen molar-refractivity contribution in [2.45, 2.75) is 38.9 Å². The first-order chi connectivity index (χ1) is 16.9. The van der Waals surface area contributed by atoms with Gasteiger partial charge in [-0.15, -0.1) is 0 Å². The second-order valence-corrected chi connectivity index (χ2v) is 9.38. The summed E-state index contributed by atoms with van der Waals surface area (Å²) in [5, 5.41) is 11.7. The van der Waals surface area contributed by atoms with Crippen molar-refractivity contribution in [2.75, 3.05) is 26.3 Å². The third-order valence-corrected chi connectivity index (χ3v) is 6.61. The Morgan fingerprint density at radius 3 is 2.80 bits per heavy atom. The van der Waals surface area contributed by atoms with E-state index in [0.29, 0.717) is 40.5 Å². The van der Waals surface area contributed by atoms with Crippen LogP contribution in [0.1, 0.15) is 34.5 Å². The molecular weight excluding hydrogens is 453 g/mol. The maximum Gasteiger partial charge on any atom is 0.255 e. The Balaban J connectivity index is 1.46. The summed E-state index contributed by atoms with van der Waals surface area (Å²) < 4.78 is 20.6. The second-order valence-electron chi connectivity index (χ2n) is 9.38. The van der Waals surface area contributed by atoms with Gasteiger partial charge in [0.2, 0.25) is 5.91 Å². The first-order valence-electron chi connectivity index (χ1n) is 11.8. The molecule has 2 atom stereocenters. The van der Waals surface area contributed by atoms with Crippen LogP contribution in [0.3, 0.4) is 0 Å². The third-order valence-electron chi connectivity index (χ3n) is 6.61. The highest BCUT2D eigenvalue weighted by atomic mass is 19.1. The molecule has 2 amide bonds. The Kier molecular flexibility index (Phi) is 6.14. The number of aliphatic hydroxyl groups excluding tert-OH is 1. The Morgan fingerprint density at radius 2 is 2.06 bits per heavy atom. The van der Waals surface area contributed by atoms with Gasteiger partial charge < -0.3 is 25.0 Å². The number of fused-ring (bicyclic) bond motifs is 1. The van der Waals surface area contributed by atoms with Gasteiger partial charge in [0.05, 0.1) is 30.3 Å². The molecule has 1 aliphatic heterocycles. The fourth-order valence-electron chi connectivity index (χ4n) is 4.49. The molecule has 35 heavy (non-hydrogen) atoms. The number of nitrogens with one attached hydrogen (secondary N) is 2. The summed E-state index contributed by atoms with van der Waals surface area (Å²) in [5.74, 6) is 0.262. The summed E-state index contributed by atoms with van der Waals surface area (Å²) in [6.45, 7) is 3.54. The minimum absolute atomic E-state index is 0.00107. The number of carbonyl (C=O) groups excluding carboxylic acids is 2. The van der Waals surface area contributed by atoms with Crippen molar-refractivity contribution in [3.63, 3.8) is 0 Å². The summed E-state index contributed by atoms with van der Waals surface area (Å²) in [6, 6.07) is 5.05. The highest BCUT2D eigenvalue weighted by Crippen LogP contribution is 2.37. The topological polar surface area (TPSA) is 120 Å². The van der Waals surface area contributed by atoms with Gasteiger partial charge in [0.25, 0.3) is 5.91 Å². The van der Waals surface area contributed by atoms with Gasteiger partial charge in [-0.1, -0.05) is 11.6 Å². The van der Waals surface area contributed by atoms with Crippen LogP contribution in [0.2, 0.25) is 0 Å². The van der Waals surface area contributed by atoms with Gasteiger partial charge >= 0.3 is 0 Å². The van der Waals surface area contributed by atoms with Gasteiger partial charge in [0, 0.05) is 17.8 Å². The Hall–Kier alpha value is -3.53. The van der Waals surface area contributed by atoms with Gasteiger partial charge in [0.15, 0.2) is 0 Å². The molecule has 1 saturated heterocycles. The summed E-state index contributed by atoms with van der Waals surface area (Å²) in [4.78, 5) is 38.2. The number of aromatic amines is 1. The van der Waals surface area contributed by atoms with Gasteiger partial charge in [-0.2, -0.15) is 0 Å². The number of H-pyrrole nitrogens is 1. The minimum atomic E-state index is -1.43. The molecule has 10 heteroatoms. The number of halogens is 1. The van der Waals surface area contributed by atoms with Gasteiger partial charge in [-0.25, -0.2) is 14.4 Å². The number of likely N-dealkylation sites (tertiary alicyclic amines) is 1. The van der Waals surface area contributed by atoms with Crippen LogP contribution in [-0.4, -0.2) is 75.3 Å². The number of benzene rings is 1. The molecule has 3 N–H and O–H groups in total. The number of rotatable bonds is 7. The molecule has 5 rings (SSSR count). The molecule has 0 bridgehead atoms. The first-order valence-corrected chi connectivity index (χ1v) is 11.8. The van der Waals surface area contributed by atoms with E-state index in [4.69, 9.17) is 9.84 Å². The van der Waals surface area contributed by atoms with Gasteiger partial charge in [-0.05, 0) is 44.7 Å². The van der Waals surface area contributed by atoms with E-state index in [0.717, 1.165) is 16.9 Å². The van der Waals surface area contributed by atoms with Crippen molar-refractivity contribution in [3.8, 4) is 17.0 Å². The largest absolute Gasteiger partial charge is 0.493 e. The fraction of sp³-hybridized carbons (Fsp3) is 0.440. The highest BCUT2D eigenvalue weighted by Gasteiger charge is 2.37. The number of hydrogen-bond donors (Lipinski definition) is 3. The molecule has 2 aromatic heterocycles. The minimum Gasteiger partial charge on any atom is -0.493 e. The fourth-order valence-corrected chi connectivity index (χ4v) is 4.49. The Labute approximate surface area is 201 Å². The van der Waals surface area contributed by atoms with Crippen LogP contribution in [0, 0.1) is 19.8 Å². The molecule has 1 aliphatic carbocycles. The predicted molar refractivity (Wildman–Crippen MR) is 127 cm³/mol. The van der Waals surface area contributed by atoms with Crippen molar-refractivity contribution in [1.29, 1.82) is 0 Å². The molecule has 1 saturated carbocycles. The van der Waals surface area contributed by atoms with Crippen molar-refractivity contribution >= 4 is 22.8 Å². The number of carbonyl (C=O) groups is 2. The Bertz CT molecular complexity index is 1290. The molecular formula is C25H28FN5O4. The maximum absolute atomic E-state index is 14.5. The lowest BCUT2D eigenvalue weighted by molar-refractivity contribution is -0.133. The number of aromatic nitrogens is 3. The monoisotopic (exact) mass is 481 g/mol. The highest BCUT2D eigenvalue weighted by molar-refractivity contribution is 6.09. The van der Waals surface area contributed by atoms with Crippen LogP contribution >= 0.6 is 0 Å². The lowest BCUT2D eigenvalue weighted by Crippen LogP contribution is -2.42. The lowest BCUT2D eigenvalue weighted by atomic mass is 10.1. The molecule has 0 spiro atoms. The summed E-state index contributed by atoms with van der Waals surface area (Å²) in [5.41, 5.74) is 4.37. The summed E-state index contributed by atoms with van der Waals surface area (Å²) in [7, 11) is 0. The van der Waals surface area contributed by atoms with E-state index in [1.807, 2.05) is 25.1 Å². The lowest BCUT2D eigenvalue weighted by Gasteiger charge is -2.15. The van der Waals surface area contributed by atoms with E-state index in [1.54, 1.807) is 6.92 Å². The van der Waals surface area contributed by atoms with Crippen LogP contribution in [0.5, 0.6) is 5.75 Å². The average Bonchev–Trinajstić information content (AvgIpc) is 3.51. The van der Waals surface area contributed by atoms with Crippen LogP contribution < -0.4 is 10.1 Å². The van der Waals surface area contributed by atoms with Crippen molar-refractivity contribution in [2.24, 2.45) is 5.92 Å². The SMILES string of the molecule is Cc1ccc(OCC2CC2)c(-c2ncnc3c(C(=O)N[C@H]4CN(C(=O)CO)C[C@@H]4F)c(C)[nH]c23)c1. The number of amides is 2. The average molecular weight is 482 g/mol. The molecule has 3 heterocycles. The standard InChI is InChI=1S/C25H28FN5O4/c1-13-3-6-19(35-11-15-4-5-15)16(7-13)22-24-23(28-12-27-22)21(14(2)29-24)25(34)30-18-9-31(8-17(18)26)20(33)10-32/h3,6-7,12,15,17-18,29,32H,4-5,8-11H2,1-2H3,(H,30,34)/t17-,18-/m0/s1. The molecule has 2 aliphatic rings. The number of alkyl halides is 1. The van der Waals surface area contributed by atoms with E-state index in [2.05, 4.69) is 20.3 Å².